The number of halogens is 1. The third-order valence-corrected chi connectivity index (χ3v) is 6.54. The molecule has 3 heterocycles. The fourth-order valence-corrected chi connectivity index (χ4v) is 4.95. The van der Waals surface area contributed by atoms with Crippen LogP contribution in [0.1, 0.15) is 44.9 Å². The second-order valence-corrected chi connectivity index (χ2v) is 8.43. The molecule has 2 N–H and O–H groups in total. The van der Waals surface area contributed by atoms with E-state index in [1.165, 1.54) is 12.1 Å². The number of aliphatic hydroxyl groups is 1. The minimum atomic E-state index is -0.683. The molecule has 0 unspecified atom stereocenters. The smallest absolute Gasteiger partial charge is 0.220 e. The highest BCUT2D eigenvalue weighted by Crippen LogP contribution is 2.31. The van der Waals surface area contributed by atoms with Gasteiger partial charge in [0.25, 0.3) is 0 Å². The Balaban J connectivity index is 1.35. The van der Waals surface area contributed by atoms with Gasteiger partial charge >= 0.3 is 0 Å². The lowest BCUT2D eigenvalue weighted by Gasteiger charge is -2.42. The Bertz CT molecular complexity index is 658. The van der Waals surface area contributed by atoms with Crippen LogP contribution in [0.25, 0.3) is 0 Å². The van der Waals surface area contributed by atoms with Crippen LogP contribution in [-0.2, 0) is 4.79 Å². The molecule has 3 saturated heterocycles. The van der Waals surface area contributed by atoms with Gasteiger partial charge in [0.05, 0.1) is 5.60 Å². The number of carbonyl (C=O) groups is 1. The molecule has 0 aromatic heterocycles. The molecular formula is C21H30FN3O2. The SMILES string of the molecule is O=C1CCCC[C@@H]2[C@H](CCN2CC2(O)CCN(c3ccc(F)cc3)CC2)N1. The Morgan fingerprint density at radius 1 is 1.11 bits per heavy atom. The van der Waals surface area contributed by atoms with Crippen molar-refractivity contribution in [1.29, 1.82) is 0 Å². The van der Waals surface area contributed by atoms with E-state index >= 15 is 0 Å². The van der Waals surface area contributed by atoms with Crippen molar-refractivity contribution >= 4 is 11.6 Å². The van der Waals surface area contributed by atoms with E-state index in [0.29, 0.717) is 31.8 Å². The number of likely N-dealkylation sites (tertiary alicyclic amines) is 1. The molecule has 27 heavy (non-hydrogen) atoms. The van der Waals surface area contributed by atoms with Gasteiger partial charge in [-0.3, -0.25) is 9.69 Å². The van der Waals surface area contributed by atoms with Gasteiger partial charge in [0.15, 0.2) is 0 Å². The molecule has 3 aliphatic rings. The van der Waals surface area contributed by atoms with Crippen LogP contribution in [0.15, 0.2) is 24.3 Å². The summed E-state index contributed by atoms with van der Waals surface area (Å²) in [4.78, 5) is 16.5. The Kier molecular flexibility index (Phi) is 5.37. The summed E-state index contributed by atoms with van der Waals surface area (Å²) in [6, 6.07) is 7.19. The maximum absolute atomic E-state index is 13.1. The van der Waals surface area contributed by atoms with E-state index in [-0.39, 0.29) is 17.8 Å². The van der Waals surface area contributed by atoms with Crippen molar-refractivity contribution in [2.75, 3.05) is 31.1 Å². The lowest BCUT2D eigenvalue weighted by molar-refractivity contribution is -0.122. The van der Waals surface area contributed by atoms with Crippen LogP contribution in [0.4, 0.5) is 10.1 Å². The number of β-amino-alcohol motifs (C(OH)–C–C–N with tert-alkyl or cyclic N) is 1. The molecule has 1 aromatic rings. The van der Waals surface area contributed by atoms with E-state index in [4.69, 9.17) is 0 Å². The third-order valence-electron chi connectivity index (χ3n) is 6.54. The van der Waals surface area contributed by atoms with Crippen LogP contribution in [0, 0.1) is 5.82 Å². The van der Waals surface area contributed by atoms with E-state index in [9.17, 15) is 14.3 Å². The molecule has 0 bridgehead atoms. The van der Waals surface area contributed by atoms with E-state index in [2.05, 4.69) is 15.1 Å². The van der Waals surface area contributed by atoms with Gasteiger partial charge in [-0.2, -0.15) is 0 Å². The summed E-state index contributed by atoms with van der Waals surface area (Å²) < 4.78 is 13.1. The fourth-order valence-electron chi connectivity index (χ4n) is 4.95. The maximum atomic E-state index is 13.1. The largest absolute Gasteiger partial charge is 0.388 e. The molecule has 3 fully saturated rings. The standard InChI is InChI=1S/C21H30FN3O2/c22-16-5-7-17(8-6-16)24-13-10-21(27,11-14-24)15-25-12-9-18-19(25)3-1-2-4-20(26)23-18/h5-8,18-19,27H,1-4,9-15H2,(H,23,26)/t18-,19+/m0/s1. The topological polar surface area (TPSA) is 55.8 Å². The van der Waals surface area contributed by atoms with Crippen molar-refractivity contribution in [2.24, 2.45) is 0 Å². The molecule has 148 valence electrons. The average Bonchev–Trinajstić information content (AvgIpc) is 2.98. The summed E-state index contributed by atoms with van der Waals surface area (Å²) in [5.74, 6) is -0.0417. The maximum Gasteiger partial charge on any atom is 0.220 e. The summed E-state index contributed by atoms with van der Waals surface area (Å²) >= 11 is 0. The third kappa shape index (κ3) is 4.27. The molecule has 0 spiro atoms. The number of hydrogen-bond acceptors (Lipinski definition) is 4. The molecule has 6 heteroatoms. The minimum Gasteiger partial charge on any atom is -0.388 e. The van der Waals surface area contributed by atoms with Crippen LogP contribution in [-0.4, -0.2) is 59.8 Å². The number of carbonyl (C=O) groups excluding carboxylic acids is 1. The van der Waals surface area contributed by atoms with Crippen molar-refractivity contribution in [3.63, 3.8) is 0 Å². The van der Waals surface area contributed by atoms with Crippen LogP contribution in [0.2, 0.25) is 0 Å². The van der Waals surface area contributed by atoms with E-state index < -0.39 is 5.60 Å². The van der Waals surface area contributed by atoms with Gasteiger partial charge < -0.3 is 15.3 Å². The number of benzene rings is 1. The van der Waals surface area contributed by atoms with Crippen molar-refractivity contribution < 1.29 is 14.3 Å². The first-order valence-electron chi connectivity index (χ1n) is 10.3. The van der Waals surface area contributed by atoms with Gasteiger partial charge in [-0.25, -0.2) is 4.39 Å². The number of piperidine rings is 1. The van der Waals surface area contributed by atoms with E-state index in [1.807, 2.05) is 12.1 Å². The quantitative estimate of drug-likeness (QED) is 0.851. The van der Waals surface area contributed by atoms with Crippen LogP contribution in [0.5, 0.6) is 0 Å². The summed E-state index contributed by atoms with van der Waals surface area (Å²) in [5, 5.41) is 14.4. The second kappa shape index (κ2) is 7.76. The van der Waals surface area contributed by atoms with Gasteiger partial charge in [0.2, 0.25) is 5.91 Å². The number of amides is 1. The number of fused-ring (bicyclic) bond motifs is 1. The zero-order chi connectivity index (χ0) is 18.9. The molecule has 1 aromatic carbocycles. The Hall–Kier alpha value is -1.66. The van der Waals surface area contributed by atoms with Crippen molar-refractivity contribution in [1.82, 2.24) is 10.2 Å². The van der Waals surface area contributed by atoms with Crippen molar-refractivity contribution in [2.45, 2.75) is 62.6 Å². The first-order chi connectivity index (χ1) is 13.0. The van der Waals surface area contributed by atoms with Gasteiger partial charge in [0, 0.05) is 50.4 Å². The predicted molar refractivity (Wildman–Crippen MR) is 103 cm³/mol. The number of rotatable bonds is 3. The highest BCUT2D eigenvalue weighted by Gasteiger charge is 2.41. The Morgan fingerprint density at radius 2 is 1.85 bits per heavy atom. The Labute approximate surface area is 160 Å². The zero-order valence-corrected chi connectivity index (χ0v) is 15.9. The zero-order valence-electron chi connectivity index (χ0n) is 15.9. The highest BCUT2D eigenvalue weighted by atomic mass is 19.1. The molecule has 0 aliphatic carbocycles. The summed E-state index contributed by atoms with van der Waals surface area (Å²) in [6.07, 6.45) is 6.19. The molecule has 1 amide bonds. The van der Waals surface area contributed by atoms with Gasteiger partial charge in [-0.15, -0.1) is 0 Å². The van der Waals surface area contributed by atoms with Gasteiger partial charge in [-0.1, -0.05) is 6.42 Å². The average molecular weight is 375 g/mol. The number of hydrogen-bond donors (Lipinski definition) is 2. The van der Waals surface area contributed by atoms with Crippen molar-refractivity contribution in [3.8, 4) is 0 Å². The second-order valence-electron chi connectivity index (χ2n) is 8.43. The lowest BCUT2D eigenvalue weighted by atomic mass is 9.89. The molecule has 0 radical (unpaired) electrons. The predicted octanol–water partition coefficient (Wildman–Crippen LogP) is 2.29. The first kappa shape index (κ1) is 18.7. The monoisotopic (exact) mass is 375 g/mol. The molecule has 2 atom stereocenters. The van der Waals surface area contributed by atoms with E-state index in [0.717, 1.165) is 51.0 Å². The number of anilines is 1. The van der Waals surface area contributed by atoms with Crippen LogP contribution < -0.4 is 10.2 Å². The summed E-state index contributed by atoms with van der Waals surface area (Å²) in [7, 11) is 0. The van der Waals surface area contributed by atoms with Crippen LogP contribution >= 0.6 is 0 Å². The fraction of sp³-hybridized carbons (Fsp3) is 0.667. The van der Waals surface area contributed by atoms with E-state index in [1.54, 1.807) is 0 Å². The molecular weight excluding hydrogens is 345 g/mol. The minimum absolute atomic E-state index is 0.179. The molecule has 0 saturated carbocycles. The van der Waals surface area contributed by atoms with Gasteiger partial charge in [-0.05, 0) is 56.4 Å². The molecule has 5 nitrogen and oxygen atoms in total. The lowest BCUT2D eigenvalue weighted by Crippen LogP contribution is -2.54. The number of nitrogens with one attached hydrogen (secondary N) is 1. The number of nitrogens with zero attached hydrogens (tertiary/aromatic N) is 2. The summed E-state index contributed by atoms with van der Waals surface area (Å²) in [6.45, 7) is 3.18. The molecule has 3 aliphatic heterocycles. The van der Waals surface area contributed by atoms with Crippen LogP contribution in [0.3, 0.4) is 0 Å². The van der Waals surface area contributed by atoms with Gasteiger partial charge in [0.1, 0.15) is 5.82 Å². The summed E-state index contributed by atoms with van der Waals surface area (Å²) in [5.41, 5.74) is 0.333. The Morgan fingerprint density at radius 3 is 2.59 bits per heavy atom. The first-order valence-corrected chi connectivity index (χ1v) is 10.3. The normalized spacial score (nSPS) is 29.0. The molecule has 4 rings (SSSR count). The van der Waals surface area contributed by atoms with Crippen molar-refractivity contribution in [3.05, 3.63) is 30.1 Å². The highest BCUT2D eigenvalue weighted by molar-refractivity contribution is 5.76.